The fourth-order valence-corrected chi connectivity index (χ4v) is 5.99. The lowest BCUT2D eigenvalue weighted by Gasteiger charge is -2.16. The zero-order valence-corrected chi connectivity index (χ0v) is 19.3. The van der Waals surface area contributed by atoms with Gasteiger partial charge in [0.1, 0.15) is 5.82 Å². The number of aromatic amines is 1. The van der Waals surface area contributed by atoms with Crippen LogP contribution >= 0.6 is 0 Å². The molecule has 0 amide bonds. The molecule has 0 radical (unpaired) electrons. The third-order valence-corrected chi connectivity index (χ3v) is 7.72. The van der Waals surface area contributed by atoms with E-state index in [0.29, 0.717) is 24.4 Å². The number of H-pyrrole nitrogens is 1. The highest BCUT2D eigenvalue weighted by Crippen LogP contribution is 2.41. The Balaban J connectivity index is 1.52. The third kappa shape index (κ3) is 4.54. The van der Waals surface area contributed by atoms with Gasteiger partial charge in [-0.3, -0.25) is 4.40 Å². The second-order valence-corrected chi connectivity index (χ2v) is 10.2. The summed E-state index contributed by atoms with van der Waals surface area (Å²) in [7, 11) is -3.41. The van der Waals surface area contributed by atoms with Gasteiger partial charge in [-0.15, -0.1) is 10.2 Å². The fourth-order valence-electron chi connectivity index (χ4n) is 4.67. The zero-order chi connectivity index (χ0) is 22.7. The molecule has 3 aromatic heterocycles. The van der Waals surface area contributed by atoms with Crippen LogP contribution in [0, 0.1) is 5.92 Å². The zero-order valence-electron chi connectivity index (χ0n) is 18.5. The molecule has 0 saturated heterocycles. The van der Waals surface area contributed by atoms with E-state index in [1.54, 1.807) is 12.3 Å². The van der Waals surface area contributed by atoms with Crippen molar-refractivity contribution < 1.29 is 8.42 Å². The van der Waals surface area contributed by atoms with Gasteiger partial charge in [0.25, 0.3) is 0 Å². The number of nitrogens with one attached hydrogen (secondary N) is 2. The minimum atomic E-state index is -3.41. The molecule has 1 fully saturated rings. The van der Waals surface area contributed by atoms with Gasteiger partial charge in [-0.2, -0.15) is 0 Å². The van der Waals surface area contributed by atoms with Gasteiger partial charge in [-0.25, -0.2) is 18.1 Å². The second kappa shape index (κ2) is 9.38. The molecule has 3 aromatic rings. The first-order valence-electron chi connectivity index (χ1n) is 11.1. The maximum atomic E-state index is 12.8. The summed E-state index contributed by atoms with van der Waals surface area (Å²) in [5, 5.41) is 8.81. The molecule has 3 heterocycles. The molecular weight excluding hydrogens is 424 g/mol. The van der Waals surface area contributed by atoms with E-state index in [4.69, 9.17) is 0 Å². The average molecular weight is 455 g/mol. The van der Waals surface area contributed by atoms with Gasteiger partial charge in [-0.1, -0.05) is 44.2 Å². The van der Waals surface area contributed by atoms with E-state index in [9.17, 15) is 8.42 Å². The first-order chi connectivity index (χ1) is 15.5. The van der Waals surface area contributed by atoms with E-state index in [2.05, 4.69) is 38.4 Å². The molecule has 1 aliphatic carbocycles. The second-order valence-electron chi connectivity index (χ2n) is 8.32. The number of hydrogen-bond acceptors (Lipinski definition) is 5. The molecule has 3 atom stereocenters. The SMILES string of the molecule is C=C/C(=C\C=C/C)CCS(=O)(=O)N[C@H]1C[C@@H](CC)[C@@H](c2nnc3cnc4[nH]ccc4n23)C1. The van der Waals surface area contributed by atoms with Crippen LogP contribution in [-0.4, -0.2) is 44.8 Å². The van der Waals surface area contributed by atoms with Crippen molar-refractivity contribution in [2.24, 2.45) is 5.92 Å². The lowest BCUT2D eigenvalue weighted by atomic mass is 9.93. The fraction of sp³-hybridized carbons (Fsp3) is 0.435. The molecule has 0 unspecified atom stereocenters. The predicted octanol–water partition coefficient (Wildman–Crippen LogP) is 3.88. The molecule has 4 rings (SSSR count). The highest BCUT2D eigenvalue weighted by Gasteiger charge is 2.38. The lowest BCUT2D eigenvalue weighted by molar-refractivity contribution is 0.449. The van der Waals surface area contributed by atoms with E-state index in [1.165, 1.54) is 0 Å². The minimum Gasteiger partial charge on any atom is -0.345 e. The summed E-state index contributed by atoms with van der Waals surface area (Å²) < 4.78 is 30.6. The van der Waals surface area contributed by atoms with Gasteiger partial charge in [0, 0.05) is 18.2 Å². The van der Waals surface area contributed by atoms with Gasteiger partial charge in [0.05, 0.1) is 17.5 Å². The summed E-state index contributed by atoms with van der Waals surface area (Å²) in [6.07, 6.45) is 13.9. The summed E-state index contributed by atoms with van der Waals surface area (Å²) in [6, 6.07) is 1.86. The first kappa shape index (κ1) is 22.4. The summed E-state index contributed by atoms with van der Waals surface area (Å²) >= 11 is 0. The quantitative estimate of drug-likeness (QED) is 0.478. The Morgan fingerprint density at radius 3 is 2.97 bits per heavy atom. The lowest BCUT2D eigenvalue weighted by Crippen LogP contribution is -2.35. The van der Waals surface area contributed by atoms with Gasteiger partial charge in [0.2, 0.25) is 10.0 Å². The molecule has 0 bridgehead atoms. The van der Waals surface area contributed by atoms with E-state index in [1.807, 2.05) is 41.8 Å². The standard InChI is InChI=1S/C23H30N6O2S/c1-4-7-8-16(5-2)10-12-32(30,31)28-18-13-17(6-3)19(14-18)23-27-26-21-15-25-22-20(29(21)23)9-11-24-22/h4-5,7-9,11,15,17-19,24,28H,2,6,10,12-14H2,1,3H3/b7-4-,16-8+/t17-,18+,19+/m1/s1. The maximum absolute atomic E-state index is 12.8. The summed E-state index contributed by atoms with van der Waals surface area (Å²) in [6.45, 7) is 7.85. The van der Waals surface area contributed by atoms with Crippen molar-refractivity contribution in [2.75, 3.05) is 5.75 Å². The van der Waals surface area contributed by atoms with Crippen LogP contribution in [0.2, 0.25) is 0 Å². The van der Waals surface area contributed by atoms with E-state index < -0.39 is 10.0 Å². The van der Waals surface area contributed by atoms with E-state index >= 15 is 0 Å². The Kier molecular flexibility index (Phi) is 6.57. The highest BCUT2D eigenvalue weighted by atomic mass is 32.2. The molecule has 32 heavy (non-hydrogen) atoms. The Labute approximate surface area is 188 Å². The smallest absolute Gasteiger partial charge is 0.212 e. The molecule has 1 aliphatic rings. The Hall–Kier alpha value is -2.78. The summed E-state index contributed by atoms with van der Waals surface area (Å²) in [5.41, 5.74) is 3.33. The number of fused-ring (bicyclic) bond motifs is 3. The molecule has 9 heteroatoms. The largest absolute Gasteiger partial charge is 0.345 e. The van der Waals surface area contributed by atoms with Gasteiger partial charge in [0.15, 0.2) is 11.3 Å². The Morgan fingerprint density at radius 2 is 2.22 bits per heavy atom. The first-order valence-corrected chi connectivity index (χ1v) is 12.7. The van der Waals surface area contributed by atoms with Crippen molar-refractivity contribution in [1.29, 1.82) is 0 Å². The van der Waals surface area contributed by atoms with Crippen LogP contribution in [0.25, 0.3) is 16.8 Å². The minimum absolute atomic E-state index is 0.0455. The van der Waals surface area contributed by atoms with Crippen LogP contribution in [0.4, 0.5) is 0 Å². The van der Waals surface area contributed by atoms with Crippen molar-refractivity contribution in [3.63, 3.8) is 0 Å². The molecule has 170 valence electrons. The average Bonchev–Trinajstić information content (AvgIpc) is 3.50. The summed E-state index contributed by atoms with van der Waals surface area (Å²) in [4.78, 5) is 7.52. The topological polar surface area (TPSA) is 105 Å². The number of rotatable bonds is 9. The Morgan fingerprint density at radius 1 is 1.38 bits per heavy atom. The van der Waals surface area contributed by atoms with Crippen LogP contribution in [0.15, 0.2) is 54.9 Å². The number of aromatic nitrogens is 5. The third-order valence-electron chi connectivity index (χ3n) is 6.29. The van der Waals surface area contributed by atoms with Crippen molar-refractivity contribution in [1.82, 2.24) is 29.3 Å². The van der Waals surface area contributed by atoms with Crippen molar-refractivity contribution in [3.05, 3.63) is 60.7 Å². The van der Waals surface area contributed by atoms with Crippen LogP contribution in [0.5, 0.6) is 0 Å². The number of hydrogen-bond donors (Lipinski definition) is 2. The predicted molar refractivity (Wildman–Crippen MR) is 127 cm³/mol. The molecular formula is C23H30N6O2S. The van der Waals surface area contributed by atoms with Crippen LogP contribution in [-0.2, 0) is 10.0 Å². The molecule has 2 N–H and O–H groups in total. The van der Waals surface area contributed by atoms with E-state index in [-0.39, 0.29) is 17.7 Å². The van der Waals surface area contributed by atoms with Crippen LogP contribution < -0.4 is 4.72 Å². The van der Waals surface area contributed by atoms with Crippen LogP contribution in [0.1, 0.15) is 51.3 Å². The van der Waals surface area contributed by atoms with E-state index in [0.717, 1.165) is 35.4 Å². The normalized spacial score (nSPS) is 22.4. The molecule has 0 aliphatic heterocycles. The highest BCUT2D eigenvalue weighted by molar-refractivity contribution is 7.89. The molecule has 1 saturated carbocycles. The van der Waals surface area contributed by atoms with Crippen molar-refractivity contribution in [3.8, 4) is 0 Å². The van der Waals surface area contributed by atoms with Crippen molar-refractivity contribution in [2.45, 2.75) is 51.5 Å². The van der Waals surface area contributed by atoms with Crippen LogP contribution in [0.3, 0.4) is 0 Å². The number of sulfonamides is 1. The molecule has 0 spiro atoms. The van der Waals surface area contributed by atoms with Gasteiger partial charge in [-0.05, 0) is 43.7 Å². The van der Waals surface area contributed by atoms with Crippen molar-refractivity contribution >= 4 is 26.8 Å². The monoisotopic (exact) mass is 454 g/mol. The van der Waals surface area contributed by atoms with Gasteiger partial charge >= 0.3 is 0 Å². The molecule has 8 nitrogen and oxygen atoms in total. The number of allylic oxidation sites excluding steroid dienone is 5. The maximum Gasteiger partial charge on any atom is 0.212 e. The number of nitrogens with zero attached hydrogens (tertiary/aromatic N) is 4. The van der Waals surface area contributed by atoms with Gasteiger partial charge < -0.3 is 4.98 Å². The summed E-state index contributed by atoms with van der Waals surface area (Å²) in [5.74, 6) is 1.38. The molecule has 0 aromatic carbocycles. The Bertz CT molecular complexity index is 1270.